The molecule has 1 atom stereocenters. The fourth-order valence-corrected chi connectivity index (χ4v) is 4.81. The third-order valence-electron chi connectivity index (χ3n) is 2.74. The van der Waals surface area contributed by atoms with Crippen LogP contribution in [0.4, 0.5) is 0 Å². The van der Waals surface area contributed by atoms with E-state index in [9.17, 15) is 8.42 Å². The van der Waals surface area contributed by atoms with Crippen LogP contribution in [0.15, 0.2) is 21.7 Å². The molecule has 90 valence electrons. The highest BCUT2D eigenvalue weighted by molar-refractivity contribution is 7.91. The van der Waals surface area contributed by atoms with Crippen molar-refractivity contribution in [3.05, 3.63) is 17.5 Å². The lowest BCUT2D eigenvalue weighted by atomic mass is 10.2. The van der Waals surface area contributed by atoms with Crippen molar-refractivity contribution in [2.24, 2.45) is 0 Å². The van der Waals surface area contributed by atoms with Crippen molar-refractivity contribution in [1.29, 1.82) is 0 Å². The number of methoxy groups -OCH3 is 1. The normalized spacial score (nSPS) is 22.7. The average Bonchev–Trinajstić information content (AvgIpc) is 2.88. The Morgan fingerprint density at radius 1 is 1.62 bits per heavy atom. The first-order chi connectivity index (χ1) is 7.66. The van der Waals surface area contributed by atoms with Crippen LogP contribution in [0.1, 0.15) is 12.8 Å². The van der Waals surface area contributed by atoms with Crippen molar-refractivity contribution in [1.82, 2.24) is 4.31 Å². The van der Waals surface area contributed by atoms with Crippen LogP contribution in [-0.4, -0.2) is 39.0 Å². The third kappa shape index (κ3) is 2.15. The molecule has 0 aromatic carbocycles. The Bertz CT molecular complexity index is 427. The summed E-state index contributed by atoms with van der Waals surface area (Å²) < 4.78 is 31.6. The zero-order valence-corrected chi connectivity index (χ0v) is 10.8. The lowest BCUT2D eigenvalue weighted by Crippen LogP contribution is -2.37. The lowest BCUT2D eigenvalue weighted by Gasteiger charge is -2.22. The SMILES string of the molecule is COCC1CCCN1S(=O)(=O)c1cccs1. The number of rotatable bonds is 4. The molecule has 0 amide bonds. The van der Waals surface area contributed by atoms with Gasteiger partial charge in [-0.1, -0.05) is 6.07 Å². The fourth-order valence-electron chi connectivity index (χ4n) is 2.01. The first kappa shape index (κ1) is 12.0. The number of nitrogens with zero attached hydrogens (tertiary/aromatic N) is 1. The first-order valence-electron chi connectivity index (χ1n) is 5.20. The molecular formula is C10H15NO3S2. The molecular weight excluding hydrogens is 246 g/mol. The van der Waals surface area contributed by atoms with Gasteiger partial charge in [-0.3, -0.25) is 0 Å². The molecule has 0 bridgehead atoms. The maximum Gasteiger partial charge on any atom is 0.252 e. The van der Waals surface area contributed by atoms with Gasteiger partial charge in [0.15, 0.2) is 0 Å². The van der Waals surface area contributed by atoms with Crippen molar-refractivity contribution in [3.63, 3.8) is 0 Å². The maximum absolute atomic E-state index is 12.3. The predicted octanol–water partition coefficient (Wildman–Crippen LogP) is 1.55. The molecule has 0 aliphatic carbocycles. The second kappa shape index (κ2) is 4.83. The molecule has 0 N–H and O–H groups in total. The van der Waals surface area contributed by atoms with Crippen LogP contribution in [0.2, 0.25) is 0 Å². The number of sulfonamides is 1. The highest BCUT2D eigenvalue weighted by Crippen LogP contribution is 2.28. The molecule has 0 radical (unpaired) electrons. The van der Waals surface area contributed by atoms with E-state index in [1.165, 1.54) is 11.3 Å². The summed E-state index contributed by atoms with van der Waals surface area (Å²) in [6.45, 7) is 1.08. The fraction of sp³-hybridized carbons (Fsp3) is 0.600. The van der Waals surface area contributed by atoms with Crippen LogP contribution in [0, 0.1) is 0 Å². The zero-order valence-electron chi connectivity index (χ0n) is 9.13. The van der Waals surface area contributed by atoms with E-state index in [0.717, 1.165) is 12.8 Å². The summed E-state index contributed by atoms with van der Waals surface area (Å²) in [5.41, 5.74) is 0. The summed E-state index contributed by atoms with van der Waals surface area (Å²) in [4.78, 5) is 0. The minimum atomic E-state index is -3.29. The van der Waals surface area contributed by atoms with Crippen molar-refractivity contribution in [2.75, 3.05) is 20.3 Å². The Morgan fingerprint density at radius 3 is 3.06 bits per heavy atom. The van der Waals surface area contributed by atoms with Crippen LogP contribution in [0.25, 0.3) is 0 Å². The molecule has 1 aromatic heterocycles. The molecule has 1 aliphatic rings. The number of hydrogen-bond acceptors (Lipinski definition) is 4. The molecule has 2 heterocycles. The van der Waals surface area contributed by atoms with E-state index in [1.54, 1.807) is 28.9 Å². The quantitative estimate of drug-likeness (QED) is 0.826. The van der Waals surface area contributed by atoms with E-state index in [-0.39, 0.29) is 6.04 Å². The summed E-state index contributed by atoms with van der Waals surface area (Å²) in [7, 11) is -1.69. The maximum atomic E-state index is 12.3. The van der Waals surface area contributed by atoms with E-state index in [4.69, 9.17) is 4.74 Å². The van der Waals surface area contributed by atoms with Gasteiger partial charge < -0.3 is 4.74 Å². The number of thiophene rings is 1. The standard InChI is InChI=1S/C10H15NO3S2/c1-14-8-9-4-2-6-11(9)16(12,13)10-5-3-7-15-10/h3,5,7,9H,2,4,6,8H2,1H3. The molecule has 6 heteroatoms. The van der Waals surface area contributed by atoms with E-state index >= 15 is 0 Å². The molecule has 4 nitrogen and oxygen atoms in total. The first-order valence-corrected chi connectivity index (χ1v) is 7.52. The summed E-state index contributed by atoms with van der Waals surface area (Å²) in [6.07, 6.45) is 1.80. The van der Waals surface area contributed by atoms with Gasteiger partial charge in [0.2, 0.25) is 0 Å². The summed E-state index contributed by atoms with van der Waals surface area (Å²) in [5, 5.41) is 1.79. The molecule has 1 aromatic rings. The van der Waals surface area contributed by atoms with Crippen molar-refractivity contribution in [3.8, 4) is 0 Å². The van der Waals surface area contributed by atoms with Crippen molar-refractivity contribution in [2.45, 2.75) is 23.1 Å². The Balaban J connectivity index is 2.24. The van der Waals surface area contributed by atoms with E-state index in [0.29, 0.717) is 17.4 Å². The molecule has 0 spiro atoms. The molecule has 1 saturated heterocycles. The second-order valence-electron chi connectivity index (χ2n) is 3.80. The second-order valence-corrected chi connectivity index (χ2v) is 6.86. The Morgan fingerprint density at radius 2 is 2.44 bits per heavy atom. The highest BCUT2D eigenvalue weighted by atomic mass is 32.2. The summed E-state index contributed by atoms with van der Waals surface area (Å²) in [6, 6.07) is 3.42. The van der Waals surface area contributed by atoms with Gasteiger partial charge in [0.1, 0.15) is 4.21 Å². The molecule has 1 unspecified atom stereocenters. The Kier molecular flexibility index (Phi) is 3.63. The van der Waals surface area contributed by atoms with Gasteiger partial charge >= 0.3 is 0 Å². The Labute approximate surface area is 99.9 Å². The zero-order chi connectivity index (χ0) is 11.6. The lowest BCUT2D eigenvalue weighted by molar-refractivity contribution is 0.149. The van der Waals surface area contributed by atoms with Gasteiger partial charge in [0, 0.05) is 19.7 Å². The number of ether oxygens (including phenoxy) is 1. The topological polar surface area (TPSA) is 46.6 Å². The highest BCUT2D eigenvalue weighted by Gasteiger charge is 2.35. The smallest absolute Gasteiger partial charge is 0.252 e. The van der Waals surface area contributed by atoms with Crippen LogP contribution >= 0.6 is 11.3 Å². The Hall–Kier alpha value is -0.430. The summed E-state index contributed by atoms with van der Waals surface area (Å²) in [5.74, 6) is 0. The van der Waals surface area contributed by atoms with E-state index in [1.807, 2.05) is 0 Å². The van der Waals surface area contributed by atoms with Gasteiger partial charge in [-0.15, -0.1) is 11.3 Å². The minimum absolute atomic E-state index is 0.00269. The van der Waals surface area contributed by atoms with Gasteiger partial charge in [0.25, 0.3) is 10.0 Å². The predicted molar refractivity (Wildman–Crippen MR) is 63.1 cm³/mol. The van der Waals surface area contributed by atoms with Crippen LogP contribution in [0.3, 0.4) is 0 Å². The van der Waals surface area contributed by atoms with Gasteiger partial charge in [0.05, 0.1) is 6.61 Å². The van der Waals surface area contributed by atoms with Gasteiger partial charge in [-0.05, 0) is 24.3 Å². The van der Waals surface area contributed by atoms with Crippen molar-refractivity contribution >= 4 is 21.4 Å². The van der Waals surface area contributed by atoms with Crippen LogP contribution in [0.5, 0.6) is 0 Å². The molecule has 1 aliphatic heterocycles. The number of hydrogen-bond donors (Lipinski definition) is 0. The monoisotopic (exact) mass is 261 g/mol. The summed E-state index contributed by atoms with van der Waals surface area (Å²) >= 11 is 1.27. The largest absolute Gasteiger partial charge is 0.383 e. The van der Waals surface area contributed by atoms with Crippen molar-refractivity contribution < 1.29 is 13.2 Å². The third-order valence-corrected chi connectivity index (χ3v) is 6.07. The average molecular weight is 261 g/mol. The van der Waals surface area contributed by atoms with Crippen LogP contribution in [-0.2, 0) is 14.8 Å². The van der Waals surface area contributed by atoms with Gasteiger partial charge in [-0.2, -0.15) is 4.31 Å². The van der Waals surface area contributed by atoms with E-state index < -0.39 is 10.0 Å². The minimum Gasteiger partial charge on any atom is -0.383 e. The molecule has 16 heavy (non-hydrogen) atoms. The molecule has 0 saturated carbocycles. The van der Waals surface area contributed by atoms with Gasteiger partial charge in [-0.25, -0.2) is 8.42 Å². The van der Waals surface area contributed by atoms with Crippen LogP contribution < -0.4 is 0 Å². The molecule has 1 fully saturated rings. The van der Waals surface area contributed by atoms with E-state index in [2.05, 4.69) is 0 Å². The molecule has 2 rings (SSSR count).